The largest absolute Gasteiger partial charge is 0.385 e. The number of carbonyl (C=O) groups is 1. The summed E-state index contributed by atoms with van der Waals surface area (Å²) < 4.78 is 7.48. The standard InChI is InChI=1S/C18H22N2O2S/c1-22-10-8-15-12-19-9-2-4-16(19)14-20(13-15)18(21)7-6-17-5-3-11-23-17/h2-7,9,11,15H,8,10,12-14H2,1H3/b7-6+/t15-/m0/s1. The van der Waals surface area contributed by atoms with Crippen molar-refractivity contribution >= 4 is 23.3 Å². The van der Waals surface area contributed by atoms with Gasteiger partial charge in [0.1, 0.15) is 0 Å². The maximum atomic E-state index is 12.6. The molecule has 2 aromatic rings. The van der Waals surface area contributed by atoms with Crippen molar-refractivity contribution in [3.8, 4) is 0 Å². The first-order chi connectivity index (χ1) is 11.3. The summed E-state index contributed by atoms with van der Waals surface area (Å²) in [6, 6.07) is 8.16. The molecule has 2 aromatic heterocycles. The molecular formula is C18H22N2O2S. The second-order valence-electron chi connectivity index (χ2n) is 5.87. The first kappa shape index (κ1) is 16.0. The second-order valence-corrected chi connectivity index (χ2v) is 6.85. The van der Waals surface area contributed by atoms with Gasteiger partial charge in [0.05, 0.1) is 6.54 Å². The van der Waals surface area contributed by atoms with Crippen molar-refractivity contribution in [3.63, 3.8) is 0 Å². The first-order valence-corrected chi connectivity index (χ1v) is 8.77. The third-order valence-electron chi connectivity index (χ3n) is 4.19. The van der Waals surface area contributed by atoms with Crippen LogP contribution in [0.4, 0.5) is 0 Å². The van der Waals surface area contributed by atoms with Crippen LogP contribution < -0.4 is 0 Å². The van der Waals surface area contributed by atoms with Crippen molar-refractivity contribution in [2.45, 2.75) is 19.5 Å². The van der Waals surface area contributed by atoms with E-state index < -0.39 is 0 Å². The van der Waals surface area contributed by atoms with Gasteiger partial charge in [-0.15, -0.1) is 11.3 Å². The summed E-state index contributed by atoms with van der Waals surface area (Å²) in [5.74, 6) is 0.498. The highest BCUT2D eigenvalue weighted by Crippen LogP contribution is 2.20. The Morgan fingerprint density at radius 2 is 2.30 bits per heavy atom. The van der Waals surface area contributed by atoms with E-state index in [2.05, 4.69) is 22.9 Å². The topological polar surface area (TPSA) is 34.5 Å². The van der Waals surface area contributed by atoms with Gasteiger partial charge in [0.2, 0.25) is 5.91 Å². The lowest BCUT2D eigenvalue weighted by atomic mass is 10.1. The van der Waals surface area contributed by atoms with Crippen LogP contribution in [0, 0.1) is 5.92 Å². The number of carbonyl (C=O) groups excluding carboxylic acids is 1. The van der Waals surface area contributed by atoms with Crippen LogP contribution in [0.25, 0.3) is 6.08 Å². The van der Waals surface area contributed by atoms with Gasteiger partial charge in [0.25, 0.3) is 0 Å². The smallest absolute Gasteiger partial charge is 0.246 e. The summed E-state index contributed by atoms with van der Waals surface area (Å²) in [7, 11) is 1.73. The monoisotopic (exact) mass is 330 g/mol. The molecule has 0 aliphatic carbocycles. The van der Waals surface area contributed by atoms with Crippen molar-refractivity contribution in [1.82, 2.24) is 9.47 Å². The minimum Gasteiger partial charge on any atom is -0.385 e. The number of aromatic nitrogens is 1. The van der Waals surface area contributed by atoms with Crippen LogP contribution in [0.3, 0.4) is 0 Å². The SMILES string of the molecule is COCC[C@@H]1CN(C(=O)/C=C/c2cccs2)Cc2cccn2C1. The molecule has 3 heterocycles. The van der Waals surface area contributed by atoms with Crippen LogP contribution in [0.15, 0.2) is 41.9 Å². The number of amides is 1. The number of methoxy groups -OCH3 is 1. The molecule has 1 aliphatic heterocycles. The number of hydrogen-bond donors (Lipinski definition) is 0. The highest BCUT2D eigenvalue weighted by Gasteiger charge is 2.23. The van der Waals surface area contributed by atoms with E-state index in [0.717, 1.165) is 31.0 Å². The van der Waals surface area contributed by atoms with Gasteiger partial charge < -0.3 is 14.2 Å². The molecule has 0 spiro atoms. The number of fused-ring (bicyclic) bond motifs is 1. The molecule has 0 saturated carbocycles. The van der Waals surface area contributed by atoms with E-state index in [9.17, 15) is 4.79 Å². The summed E-state index contributed by atoms with van der Waals surface area (Å²) in [6.45, 7) is 3.13. The van der Waals surface area contributed by atoms with Gasteiger partial charge in [-0.3, -0.25) is 4.79 Å². The maximum absolute atomic E-state index is 12.6. The number of rotatable bonds is 5. The average Bonchev–Trinajstić information content (AvgIpc) is 3.19. The summed E-state index contributed by atoms with van der Waals surface area (Å²) in [5, 5.41) is 2.02. The van der Waals surface area contributed by atoms with Crippen LogP contribution in [-0.4, -0.2) is 35.6 Å². The average molecular weight is 330 g/mol. The fourth-order valence-electron chi connectivity index (χ4n) is 2.96. The molecule has 4 nitrogen and oxygen atoms in total. The van der Waals surface area contributed by atoms with Gasteiger partial charge in [0.15, 0.2) is 0 Å². The number of nitrogens with zero attached hydrogens (tertiary/aromatic N) is 2. The molecular weight excluding hydrogens is 308 g/mol. The summed E-state index contributed by atoms with van der Waals surface area (Å²) in [5.41, 5.74) is 1.20. The summed E-state index contributed by atoms with van der Waals surface area (Å²) in [4.78, 5) is 15.7. The molecule has 0 radical (unpaired) electrons. The molecule has 23 heavy (non-hydrogen) atoms. The third-order valence-corrected chi connectivity index (χ3v) is 5.02. The molecule has 1 atom stereocenters. The molecule has 1 aliphatic rings. The van der Waals surface area contributed by atoms with Gasteiger partial charge in [-0.1, -0.05) is 6.07 Å². The van der Waals surface area contributed by atoms with E-state index in [1.165, 1.54) is 5.69 Å². The molecule has 1 amide bonds. The van der Waals surface area contributed by atoms with Crippen molar-refractivity contribution < 1.29 is 9.53 Å². The van der Waals surface area contributed by atoms with Gasteiger partial charge in [-0.25, -0.2) is 0 Å². The van der Waals surface area contributed by atoms with Crippen LogP contribution in [0.5, 0.6) is 0 Å². The number of thiophene rings is 1. The van der Waals surface area contributed by atoms with Crippen LogP contribution in [0.2, 0.25) is 0 Å². The van der Waals surface area contributed by atoms with Gasteiger partial charge in [0, 0.05) is 49.7 Å². The highest BCUT2D eigenvalue weighted by atomic mass is 32.1. The van der Waals surface area contributed by atoms with Crippen molar-refractivity contribution in [3.05, 3.63) is 52.5 Å². The summed E-state index contributed by atoms with van der Waals surface area (Å²) in [6.07, 6.45) is 6.66. The third kappa shape index (κ3) is 4.12. The zero-order valence-corrected chi connectivity index (χ0v) is 14.2. The fourth-order valence-corrected chi connectivity index (χ4v) is 3.58. The molecule has 0 N–H and O–H groups in total. The minimum atomic E-state index is 0.0791. The lowest BCUT2D eigenvalue weighted by Crippen LogP contribution is -2.33. The quantitative estimate of drug-likeness (QED) is 0.789. The van der Waals surface area contributed by atoms with E-state index in [0.29, 0.717) is 12.5 Å². The van der Waals surface area contributed by atoms with Crippen molar-refractivity contribution in [2.24, 2.45) is 5.92 Å². The fraction of sp³-hybridized carbons (Fsp3) is 0.389. The first-order valence-electron chi connectivity index (χ1n) is 7.89. The van der Waals surface area contributed by atoms with Gasteiger partial charge in [-0.05, 0) is 42.0 Å². The molecule has 122 valence electrons. The maximum Gasteiger partial charge on any atom is 0.246 e. The number of hydrogen-bond acceptors (Lipinski definition) is 3. The van der Waals surface area contributed by atoms with E-state index in [1.807, 2.05) is 28.5 Å². The van der Waals surface area contributed by atoms with Gasteiger partial charge >= 0.3 is 0 Å². The second kappa shape index (κ2) is 7.62. The highest BCUT2D eigenvalue weighted by molar-refractivity contribution is 7.10. The molecule has 0 fully saturated rings. The lowest BCUT2D eigenvalue weighted by molar-refractivity contribution is -0.127. The van der Waals surface area contributed by atoms with E-state index in [1.54, 1.807) is 24.5 Å². The Hall–Kier alpha value is -1.85. The predicted octanol–water partition coefficient (Wildman–Crippen LogP) is 3.26. The van der Waals surface area contributed by atoms with Crippen LogP contribution in [-0.2, 0) is 22.6 Å². The van der Waals surface area contributed by atoms with Crippen LogP contribution >= 0.6 is 11.3 Å². The molecule has 0 aromatic carbocycles. The Bertz CT molecular complexity index is 660. The predicted molar refractivity (Wildman–Crippen MR) is 93.2 cm³/mol. The lowest BCUT2D eigenvalue weighted by Gasteiger charge is -2.23. The minimum absolute atomic E-state index is 0.0791. The molecule has 0 unspecified atom stereocenters. The zero-order valence-electron chi connectivity index (χ0n) is 13.4. The molecule has 5 heteroatoms. The van der Waals surface area contributed by atoms with E-state index >= 15 is 0 Å². The Morgan fingerprint density at radius 3 is 3.09 bits per heavy atom. The Kier molecular flexibility index (Phi) is 5.31. The van der Waals surface area contributed by atoms with Gasteiger partial charge in [-0.2, -0.15) is 0 Å². The molecule has 3 rings (SSSR count). The number of ether oxygens (including phenoxy) is 1. The zero-order chi connectivity index (χ0) is 16.1. The Labute approximate surface area is 141 Å². The molecule has 0 bridgehead atoms. The normalized spacial score (nSPS) is 18.1. The van der Waals surface area contributed by atoms with Crippen molar-refractivity contribution in [1.29, 1.82) is 0 Å². The molecule has 0 saturated heterocycles. The Morgan fingerprint density at radius 1 is 1.39 bits per heavy atom. The van der Waals surface area contributed by atoms with Crippen LogP contribution in [0.1, 0.15) is 17.0 Å². The van der Waals surface area contributed by atoms with Crippen molar-refractivity contribution in [2.75, 3.05) is 20.3 Å². The Balaban J connectivity index is 1.73. The van der Waals surface area contributed by atoms with E-state index in [4.69, 9.17) is 4.74 Å². The summed E-state index contributed by atoms with van der Waals surface area (Å²) >= 11 is 1.64. The van der Waals surface area contributed by atoms with E-state index in [-0.39, 0.29) is 5.91 Å².